The van der Waals surface area contributed by atoms with Crippen molar-refractivity contribution in [1.82, 2.24) is 20.4 Å². The van der Waals surface area contributed by atoms with Gasteiger partial charge in [0, 0.05) is 19.5 Å². The minimum Gasteiger partial charge on any atom is -0.506 e. The standard InChI is InChI=1S/C10H12N4O2/c15-9-2-1-8(12-6-9)5-11-4-3-10-13-7-14-16-10/h1-2,6-7,11,15H,3-5H2. The SMILES string of the molecule is Oc1ccc(CNCCc2ncno2)nc1. The number of rotatable bonds is 5. The van der Waals surface area contributed by atoms with Crippen molar-refractivity contribution < 1.29 is 9.63 Å². The van der Waals surface area contributed by atoms with Gasteiger partial charge in [-0.05, 0) is 12.1 Å². The summed E-state index contributed by atoms with van der Waals surface area (Å²) in [6.07, 6.45) is 3.50. The predicted octanol–water partition coefficient (Wildman–Crippen LogP) is 0.502. The van der Waals surface area contributed by atoms with Crippen LogP contribution in [0.15, 0.2) is 29.2 Å². The summed E-state index contributed by atoms with van der Waals surface area (Å²) in [6, 6.07) is 3.39. The second-order valence-corrected chi connectivity index (χ2v) is 3.27. The molecule has 0 fully saturated rings. The molecule has 2 N–H and O–H groups in total. The first-order valence-electron chi connectivity index (χ1n) is 4.95. The number of aromatic nitrogens is 3. The lowest BCUT2D eigenvalue weighted by atomic mass is 10.3. The Bertz CT molecular complexity index is 413. The molecule has 0 unspecified atom stereocenters. The number of nitrogens with zero attached hydrogens (tertiary/aromatic N) is 3. The fourth-order valence-corrected chi connectivity index (χ4v) is 1.24. The van der Waals surface area contributed by atoms with Gasteiger partial charge in [0.05, 0.1) is 11.9 Å². The van der Waals surface area contributed by atoms with E-state index >= 15 is 0 Å². The van der Waals surface area contributed by atoms with Gasteiger partial charge >= 0.3 is 0 Å². The normalized spacial score (nSPS) is 10.5. The molecular weight excluding hydrogens is 208 g/mol. The summed E-state index contributed by atoms with van der Waals surface area (Å²) in [6.45, 7) is 1.39. The monoisotopic (exact) mass is 220 g/mol. The Morgan fingerprint density at radius 1 is 1.31 bits per heavy atom. The zero-order valence-corrected chi connectivity index (χ0v) is 8.63. The summed E-state index contributed by atoms with van der Waals surface area (Å²) < 4.78 is 4.85. The summed E-state index contributed by atoms with van der Waals surface area (Å²) in [7, 11) is 0. The van der Waals surface area contributed by atoms with Gasteiger partial charge in [0.1, 0.15) is 5.75 Å². The van der Waals surface area contributed by atoms with Gasteiger partial charge in [-0.15, -0.1) is 0 Å². The van der Waals surface area contributed by atoms with E-state index < -0.39 is 0 Å². The van der Waals surface area contributed by atoms with E-state index in [4.69, 9.17) is 9.63 Å². The van der Waals surface area contributed by atoms with E-state index in [1.807, 2.05) is 0 Å². The maximum absolute atomic E-state index is 9.04. The fourth-order valence-electron chi connectivity index (χ4n) is 1.24. The maximum Gasteiger partial charge on any atom is 0.227 e. The molecule has 0 spiro atoms. The lowest BCUT2D eigenvalue weighted by molar-refractivity contribution is 0.374. The van der Waals surface area contributed by atoms with Crippen LogP contribution in [-0.4, -0.2) is 26.8 Å². The van der Waals surface area contributed by atoms with E-state index in [9.17, 15) is 0 Å². The van der Waals surface area contributed by atoms with Crippen molar-refractivity contribution in [2.45, 2.75) is 13.0 Å². The highest BCUT2D eigenvalue weighted by Gasteiger charge is 1.99. The molecule has 2 rings (SSSR count). The molecule has 0 amide bonds. The van der Waals surface area contributed by atoms with Gasteiger partial charge in [-0.3, -0.25) is 4.98 Å². The van der Waals surface area contributed by atoms with Crippen molar-refractivity contribution in [2.24, 2.45) is 0 Å². The van der Waals surface area contributed by atoms with E-state index in [-0.39, 0.29) is 5.75 Å². The first-order chi connectivity index (χ1) is 7.84. The Hall–Kier alpha value is -1.95. The molecule has 2 aromatic heterocycles. The van der Waals surface area contributed by atoms with Crippen LogP contribution in [-0.2, 0) is 13.0 Å². The maximum atomic E-state index is 9.04. The minimum absolute atomic E-state index is 0.176. The van der Waals surface area contributed by atoms with E-state index in [2.05, 4.69) is 20.4 Å². The van der Waals surface area contributed by atoms with Crippen LogP contribution in [0, 0.1) is 0 Å². The average molecular weight is 220 g/mol. The van der Waals surface area contributed by atoms with Gasteiger partial charge in [-0.2, -0.15) is 4.98 Å². The second-order valence-electron chi connectivity index (χ2n) is 3.27. The Morgan fingerprint density at radius 2 is 2.25 bits per heavy atom. The molecule has 0 atom stereocenters. The third-order valence-electron chi connectivity index (χ3n) is 2.04. The smallest absolute Gasteiger partial charge is 0.227 e. The Kier molecular flexibility index (Phi) is 3.45. The minimum atomic E-state index is 0.176. The van der Waals surface area contributed by atoms with Crippen LogP contribution >= 0.6 is 0 Å². The van der Waals surface area contributed by atoms with Crippen molar-refractivity contribution in [1.29, 1.82) is 0 Å². The van der Waals surface area contributed by atoms with Gasteiger partial charge in [0.25, 0.3) is 0 Å². The third-order valence-corrected chi connectivity index (χ3v) is 2.04. The van der Waals surface area contributed by atoms with E-state index in [0.717, 1.165) is 12.2 Å². The topological polar surface area (TPSA) is 84.1 Å². The van der Waals surface area contributed by atoms with Crippen molar-refractivity contribution >= 4 is 0 Å². The molecule has 6 heteroatoms. The van der Waals surface area contributed by atoms with Crippen LogP contribution in [0.25, 0.3) is 0 Å². The zero-order chi connectivity index (χ0) is 11.2. The van der Waals surface area contributed by atoms with Crippen LogP contribution < -0.4 is 5.32 Å². The molecule has 0 radical (unpaired) electrons. The molecule has 0 saturated heterocycles. The van der Waals surface area contributed by atoms with E-state index in [1.165, 1.54) is 12.5 Å². The molecule has 0 aliphatic carbocycles. The van der Waals surface area contributed by atoms with Crippen LogP contribution in [0.3, 0.4) is 0 Å². The largest absolute Gasteiger partial charge is 0.506 e. The van der Waals surface area contributed by atoms with Crippen LogP contribution in [0.2, 0.25) is 0 Å². The van der Waals surface area contributed by atoms with Crippen molar-refractivity contribution in [2.75, 3.05) is 6.54 Å². The predicted molar refractivity (Wildman–Crippen MR) is 55.6 cm³/mol. The summed E-state index contributed by atoms with van der Waals surface area (Å²) in [5.74, 6) is 0.792. The van der Waals surface area contributed by atoms with E-state index in [0.29, 0.717) is 18.9 Å². The fraction of sp³-hybridized carbons (Fsp3) is 0.300. The van der Waals surface area contributed by atoms with Crippen LogP contribution in [0.4, 0.5) is 0 Å². The molecule has 84 valence electrons. The molecule has 6 nitrogen and oxygen atoms in total. The average Bonchev–Trinajstić information content (AvgIpc) is 2.80. The molecular formula is C10H12N4O2. The Balaban J connectivity index is 1.70. The molecule has 2 heterocycles. The van der Waals surface area contributed by atoms with E-state index in [1.54, 1.807) is 12.1 Å². The third kappa shape index (κ3) is 3.03. The molecule has 16 heavy (non-hydrogen) atoms. The van der Waals surface area contributed by atoms with Crippen LogP contribution in [0.5, 0.6) is 5.75 Å². The summed E-state index contributed by atoms with van der Waals surface area (Å²) in [5.41, 5.74) is 0.878. The highest BCUT2D eigenvalue weighted by molar-refractivity contribution is 5.17. The summed E-state index contributed by atoms with van der Waals surface area (Å²) in [5, 5.41) is 15.7. The number of hydrogen-bond donors (Lipinski definition) is 2. The zero-order valence-electron chi connectivity index (χ0n) is 8.63. The summed E-state index contributed by atoms with van der Waals surface area (Å²) in [4.78, 5) is 7.95. The van der Waals surface area contributed by atoms with Gasteiger partial charge < -0.3 is 14.9 Å². The molecule has 0 aromatic carbocycles. The molecule has 0 saturated carbocycles. The molecule has 0 aliphatic heterocycles. The number of aromatic hydroxyl groups is 1. The van der Waals surface area contributed by atoms with Crippen molar-refractivity contribution in [3.63, 3.8) is 0 Å². The number of nitrogens with one attached hydrogen (secondary N) is 1. The quantitative estimate of drug-likeness (QED) is 0.714. The van der Waals surface area contributed by atoms with Crippen molar-refractivity contribution in [3.05, 3.63) is 36.2 Å². The molecule has 2 aromatic rings. The highest BCUT2D eigenvalue weighted by Crippen LogP contribution is 2.05. The van der Waals surface area contributed by atoms with Crippen molar-refractivity contribution in [3.8, 4) is 5.75 Å². The Morgan fingerprint density at radius 3 is 2.94 bits per heavy atom. The van der Waals surface area contributed by atoms with Gasteiger partial charge in [0.15, 0.2) is 6.33 Å². The first kappa shape index (κ1) is 10.6. The number of hydrogen-bond acceptors (Lipinski definition) is 6. The Labute approximate surface area is 92.3 Å². The van der Waals surface area contributed by atoms with Gasteiger partial charge in [0.2, 0.25) is 5.89 Å². The highest BCUT2D eigenvalue weighted by atomic mass is 16.5. The lowest BCUT2D eigenvalue weighted by Gasteiger charge is -2.02. The molecule has 0 aliphatic rings. The number of pyridine rings is 1. The van der Waals surface area contributed by atoms with Gasteiger partial charge in [-0.25, -0.2) is 0 Å². The van der Waals surface area contributed by atoms with Gasteiger partial charge in [-0.1, -0.05) is 5.16 Å². The second kappa shape index (κ2) is 5.22. The lowest BCUT2D eigenvalue weighted by Crippen LogP contribution is -2.17. The summed E-state index contributed by atoms with van der Waals surface area (Å²) >= 11 is 0. The first-order valence-corrected chi connectivity index (χ1v) is 4.95. The molecule has 0 bridgehead atoms. The van der Waals surface area contributed by atoms with Crippen LogP contribution in [0.1, 0.15) is 11.6 Å².